The van der Waals surface area contributed by atoms with E-state index in [1.54, 1.807) is 0 Å². The van der Waals surface area contributed by atoms with Crippen LogP contribution in [0.3, 0.4) is 0 Å². The normalized spacial score (nSPS) is 21.7. The highest BCUT2D eigenvalue weighted by molar-refractivity contribution is 7.19. The number of halogens is 1. The Morgan fingerprint density at radius 1 is 1.08 bits per heavy atom. The number of hydrogen-bond donors (Lipinski definition) is 1. The Bertz CT molecular complexity index is 722. The second-order valence-electron chi connectivity index (χ2n) is 7.04. The topological polar surface area (TPSA) is 38.3 Å². The van der Waals surface area contributed by atoms with Crippen LogP contribution in [0.25, 0.3) is 10.1 Å². The Hall–Kier alpha value is -1.10. The zero-order valence-electron chi connectivity index (χ0n) is 14.5. The molecule has 2 aliphatic rings. The van der Waals surface area contributed by atoms with Gasteiger partial charge in [-0.05, 0) is 42.7 Å². The lowest BCUT2D eigenvalue weighted by molar-refractivity contribution is -0.152. The largest absolute Gasteiger partial charge is 0.461 e. The zero-order chi connectivity index (χ0) is 16.4. The fourth-order valence-corrected chi connectivity index (χ4v) is 5.14. The molecule has 1 aliphatic carbocycles. The summed E-state index contributed by atoms with van der Waals surface area (Å²) < 4.78 is 7.19. The molecule has 0 unspecified atom stereocenters. The minimum Gasteiger partial charge on any atom is -0.461 e. The van der Waals surface area contributed by atoms with E-state index in [1.165, 1.54) is 52.6 Å². The highest BCUT2D eigenvalue weighted by atomic mass is 35.5. The SMILES string of the molecule is Cl.O=C(OC1CCCCCCC1)[C@H]1Cc2c(sc3ccccc23)CN1. The van der Waals surface area contributed by atoms with Gasteiger partial charge < -0.3 is 4.74 Å². The summed E-state index contributed by atoms with van der Waals surface area (Å²) in [4.78, 5) is 14.0. The van der Waals surface area contributed by atoms with Crippen LogP contribution in [0.15, 0.2) is 24.3 Å². The molecule has 3 nitrogen and oxygen atoms in total. The molecule has 0 radical (unpaired) electrons. The molecule has 2 aromatic rings. The van der Waals surface area contributed by atoms with Crippen LogP contribution in [0.1, 0.15) is 55.4 Å². The van der Waals surface area contributed by atoms with Crippen molar-refractivity contribution in [2.75, 3.05) is 0 Å². The average molecular weight is 380 g/mol. The molecule has 2 heterocycles. The molecular weight excluding hydrogens is 354 g/mol. The second-order valence-corrected chi connectivity index (χ2v) is 8.18. The van der Waals surface area contributed by atoms with Gasteiger partial charge in [0.25, 0.3) is 0 Å². The quantitative estimate of drug-likeness (QED) is 0.746. The molecular formula is C20H26ClNO2S. The number of fused-ring (bicyclic) bond motifs is 3. The Morgan fingerprint density at radius 3 is 2.60 bits per heavy atom. The minimum atomic E-state index is -0.194. The number of carbonyl (C=O) groups is 1. The molecule has 1 aliphatic heterocycles. The first kappa shape index (κ1) is 18.7. The van der Waals surface area contributed by atoms with Crippen LogP contribution in [-0.2, 0) is 22.5 Å². The van der Waals surface area contributed by atoms with E-state index in [0.717, 1.165) is 25.8 Å². The second kappa shape index (κ2) is 8.52. The lowest BCUT2D eigenvalue weighted by Gasteiger charge is -2.26. The van der Waals surface area contributed by atoms with Gasteiger partial charge in [-0.2, -0.15) is 0 Å². The van der Waals surface area contributed by atoms with Crippen molar-refractivity contribution >= 4 is 39.8 Å². The number of carbonyl (C=O) groups excluding carboxylic acids is 1. The van der Waals surface area contributed by atoms with Gasteiger partial charge in [0.1, 0.15) is 12.1 Å². The third-order valence-electron chi connectivity index (χ3n) is 5.32. The summed E-state index contributed by atoms with van der Waals surface area (Å²) in [5.74, 6) is -0.0542. The number of esters is 1. The van der Waals surface area contributed by atoms with Gasteiger partial charge in [0.2, 0.25) is 0 Å². The maximum absolute atomic E-state index is 12.7. The fourth-order valence-electron chi connectivity index (χ4n) is 3.96. The van der Waals surface area contributed by atoms with Gasteiger partial charge in [-0.3, -0.25) is 10.1 Å². The lowest BCUT2D eigenvalue weighted by Crippen LogP contribution is -2.43. The van der Waals surface area contributed by atoms with Crippen LogP contribution in [0.4, 0.5) is 0 Å². The number of thiophene rings is 1. The van der Waals surface area contributed by atoms with Crippen LogP contribution < -0.4 is 5.32 Å². The average Bonchev–Trinajstić information content (AvgIpc) is 2.95. The summed E-state index contributed by atoms with van der Waals surface area (Å²) >= 11 is 1.84. The van der Waals surface area contributed by atoms with Crippen molar-refractivity contribution in [2.45, 2.75) is 70.1 Å². The molecule has 4 rings (SSSR count). The molecule has 0 saturated heterocycles. The van der Waals surface area contributed by atoms with Crippen molar-refractivity contribution < 1.29 is 9.53 Å². The van der Waals surface area contributed by atoms with Crippen molar-refractivity contribution in [1.29, 1.82) is 0 Å². The van der Waals surface area contributed by atoms with Gasteiger partial charge in [0.05, 0.1) is 0 Å². The van der Waals surface area contributed by atoms with Crippen molar-refractivity contribution in [3.05, 3.63) is 34.7 Å². The molecule has 0 bridgehead atoms. The monoisotopic (exact) mass is 379 g/mol. The van der Waals surface area contributed by atoms with Gasteiger partial charge in [0, 0.05) is 22.5 Å². The first-order chi connectivity index (χ1) is 11.8. The molecule has 25 heavy (non-hydrogen) atoms. The van der Waals surface area contributed by atoms with E-state index in [0.29, 0.717) is 0 Å². The van der Waals surface area contributed by atoms with E-state index in [2.05, 4.69) is 29.6 Å². The zero-order valence-corrected chi connectivity index (χ0v) is 16.1. The van der Waals surface area contributed by atoms with Crippen molar-refractivity contribution in [1.82, 2.24) is 5.32 Å². The minimum absolute atomic E-state index is 0. The van der Waals surface area contributed by atoms with E-state index >= 15 is 0 Å². The molecule has 136 valence electrons. The van der Waals surface area contributed by atoms with Crippen molar-refractivity contribution in [3.63, 3.8) is 0 Å². The van der Waals surface area contributed by atoms with Crippen LogP contribution in [0.5, 0.6) is 0 Å². The molecule has 1 aromatic carbocycles. The number of benzene rings is 1. The molecule has 1 N–H and O–H groups in total. The van der Waals surface area contributed by atoms with E-state index in [9.17, 15) is 4.79 Å². The van der Waals surface area contributed by atoms with Gasteiger partial charge in [-0.1, -0.05) is 37.5 Å². The summed E-state index contributed by atoms with van der Waals surface area (Å²) in [5.41, 5.74) is 1.34. The fraction of sp³-hybridized carbons (Fsp3) is 0.550. The van der Waals surface area contributed by atoms with E-state index in [-0.39, 0.29) is 30.5 Å². The Balaban J connectivity index is 0.00000182. The third kappa shape index (κ3) is 4.18. The van der Waals surface area contributed by atoms with E-state index in [1.807, 2.05) is 11.3 Å². The summed E-state index contributed by atoms with van der Waals surface area (Å²) in [7, 11) is 0. The predicted molar refractivity (Wildman–Crippen MR) is 106 cm³/mol. The predicted octanol–water partition coefficient (Wildman–Crippen LogP) is 4.99. The number of nitrogens with one attached hydrogen (secondary N) is 1. The van der Waals surface area contributed by atoms with Crippen LogP contribution >= 0.6 is 23.7 Å². The van der Waals surface area contributed by atoms with Gasteiger partial charge in [-0.15, -0.1) is 23.7 Å². The molecule has 1 fully saturated rings. The standard InChI is InChI=1S/C20H25NO2S.ClH/c22-20(23-14-8-4-2-1-3-5-9-14)17-12-16-15-10-6-7-11-18(15)24-19(16)13-21-17;/h6-7,10-11,14,17,21H,1-5,8-9,12-13H2;1H/t17-;/m1./s1. The molecule has 0 spiro atoms. The summed E-state index contributed by atoms with van der Waals surface area (Å²) in [6.45, 7) is 0.777. The number of rotatable bonds is 2. The summed E-state index contributed by atoms with van der Waals surface area (Å²) in [5, 5.41) is 4.70. The maximum atomic E-state index is 12.7. The molecule has 0 amide bonds. The highest BCUT2D eigenvalue weighted by Gasteiger charge is 2.29. The maximum Gasteiger partial charge on any atom is 0.323 e. The van der Waals surface area contributed by atoms with Gasteiger partial charge in [0.15, 0.2) is 0 Å². The molecule has 1 atom stereocenters. The Morgan fingerprint density at radius 2 is 1.80 bits per heavy atom. The van der Waals surface area contributed by atoms with Crippen LogP contribution in [-0.4, -0.2) is 18.1 Å². The Kier molecular flexibility index (Phi) is 6.37. The van der Waals surface area contributed by atoms with Crippen LogP contribution in [0, 0.1) is 0 Å². The van der Waals surface area contributed by atoms with Gasteiger partial charge >= 0.3 is 5.97 Å². The Labute approximate surface area is 159 Å². The molecule has 1 saturated carbocycles. The first-order valence-electron chi connectivity index (χ1n) is 9.24. The van der Waals surface area contributed by atoms with Crippen molar-refractivity contribution in [2.24, 2.45) is 0 Å². The first-order valence-corrected chi connectivity index (χ1v) is 10.1. The number of hydrogen-bond acceptors (Lipinski definition) is 4. The summed E-state index contributed by atoms with van der Waals surface area (Å²) in [6.07, 6.45) is 9.21. The van der Waals surface area contributed by atoms with E-state index in [4.69, 9.17) is 4.74 Å². The van der Waals surface area contributed by atoms with Gasteiger partial charge in [-0.25, -0.2) is 0 Å². The summed E-state index contributed by atoms with van der Waals surface area (Å²) in [6, 6.07) is 8.31. The smallest absolute Gasteiger partial charge is 0.323 e. The highest BCUT2D eigenvalue weighted by Crippen LogP contribution is 2.34. The van der Waals surface area contributed by atoms with Crippen molar-refractivity contribution in [3.8, 4) is 0 Å². The molecule has 1 aromatic heterocycles. The van der Waals surface area contributed by atoms with E-state index < -0.39 is 0 Å². The molecule has 5 heteroatoms. The lowest BCUT2D eigenvalue weighted by atomic mass is 9.97. The number of ether oxygens (including phenoxy) is 1. The third-order valence-corrected chi connectivity index (χ3v) is 6.53. The van der Waals surface area contributed by atoms with Crippen LogP contribution in [0.2, 0.25) is 0 Å².